The van der Waals surface area contributed by atoms with Crippen molar-refractivity contribution in [2.24, 2.45) is 4.99 Å². The molecule has 0 aromatic heterocycles. The molecule has 0 fully saturated rings. The number of hydrogen-bond donors (Lipinski definition) is 2. The van der Waals surface area contributed by atoms with Gasteiger partial charge in [-0.15, -0.1) is 24.0 Å². The maximum absolute atomic E-state index is 13.2. The van der Waals surface area contributed by atoms with Crippen LogP contribution in [-0.4, -0.2) is 38.0 Å². The summed E-state index contributed by atoms with van der Waals surface area (Å²) in [5.41, 5.74) is 2.19. The van der Waals surface area contributed by atoms with Crippen LogP contribution in [0, 0.1) is 5.82 Å². The lowest BCUT2D eigenvalue weighted by Gasteiger charge is -2.18. The lowest BCUT2D eigenvalue weighted by atomic mass is 10.2. The molecule has 0 aliphatic rings. The maximum atomic E-state index is 13.2. The van der Waals surface area contributed by atoms with Gasteiger partial charge in [-0.05, 0) is 30.3 Å². The molecule has 0 aliphatic heterocycles. The monoisotopic (exact) mass is 456 g/mol. The van der Waals surface area contributed by atoms with Crippen LogP contribution in [0.2, 0.25) is 0 Å². The van der Waals surface area contributed by atoms with E-state index < -0.39 is 0 Å². The van der Waals surface area contributed by atoms with E-state index in [9.17, 15) is 4.39 Å². The Labute approximate surface area is 166 Å². The molecule has 0 saturated carbocycles. The van der Waals surface area contributed by atoms with E-state index in [0.29, 0.717) is 12.5 Å². The van der Waals surface area contributed by atoms with Crippen LogP contribution in [0.5, 0.6) is 0 Å². The minimum atomic E-state index is -0.222. The third-order valence-corrected chi connectivity index (χ3v) is 3.65. The van der Waals surface area contributed by atoms with Crippen molar-refractivity contribution < 1.29 is 4.39 Å². The highest BCUT2D eigenvalue weighted by molar-refractivity contribution is 14.0. The first kappa shape index (κ1) is 21.4. The van der Waals surface area contributed by atoms with Gasteiger partial charge in [-0.1, -0.05) is 42.5 Å². The molecule has 0 spiro atoms. The van der Waals surface area contributed by atoms with Crippen LogP contribution < -0.4 is 10.6 Å². The zero-order chi connectivity index (χ0) is 17.2. The third kappa shape index (κ3) is 8.31. The van der Waals surface area contributed by atoms with Crippen LogP contribution in [0.15, 0.2) is 59.6 Å². The Hall–Kier alpha value is -1.67. The molecule has 0 saturated heterocycles. The van der Waals surface area contributed by atoms with Gasteiger partial charge in [-0.2, -0.15) is 0 Å². The first-order chi connectivity index (χ1) is 11.7. The highest BCUT2D eigenvalue weighted by Gasteiger charge is 2.02. The summed E-state index contributed by atoms with van der Waals surface area (Å²) in [6.45, 7) is 3.14. The predicted octanol–water partition coefficient (Wildman–Crippen LogP) is 3.24. The minimum Gasteiger partial charge on any atom is -0.355 e. The molecule has 2 rings (SSSR count). The molecule has 136 valence electrons. The molecule has 4 nitrogen and oxygen atoms in total. The fourth-order valence-electron chi connectivity index (χ4n) is 2.39. The van der Waals surface area contributed by atoms with E-state index in [-0.39, 0.29) is 29.8 Å². The summed E-state index contributed by atoms with van der Waals surface area (Å²) in [5, 5.41) is 6.46. The fraction of sp³-hybridized carbons (Fsp3) is 0.316. The third-order valence-electron chi connectivity index (χ3n) is 3.65. The number of hydrogen-bond acceptors (Lipinski definition) is 2. The Bertz CT molecular complexity index is 649. The van der Waals surface area contributed by atoms with Gasteiger partial charge >= 0.3 is 0 Å². The number of halogens is 2. The van der Waals surface area contributed by atoms with Crippen molar-refractivity contribution in [3.8, 4) is 0 Å². The highest BCUT2D eigenvalue weighted by atomic mass is 127. The van der Waals surface area contributed by atoms with Crippen LogP contribution >= 0.6 is 24.0 Å². The van der Waals surface area contributed by atoms with Crippen molar-refractivity contribution in [2.75, 3.05) is 27.2 Å². The molecule has 0 atom stereocenters. The summed E-state index contributed by atoms with van der Waals surface area (Å²) in [6.07, 6.45) is 0. The first-order valence-corrected chi connectivity index (χ1v) is 8.09. The van der Waals surface area contributed by atoms with Gasteiger partial charge in [0.05, 0.1) is 0 Å². The topological polar surface area (TPSA) is 39.7 Å². The van der Waals surface area contributed by atoms with E-state index in [2.05, 4.69) is 51.8 Å². The zero-order valence-electron chi connectivity index (χ0n) is 14.7. The van der Waals surface area contributed by atoms with E-state index >= 15 is 0 Å². The molecule has 2 N–H and O–H groups in total. The molecule has 0 heterocycles. The maximum Gasteiger partial charge on any atom is 0.191 e. The molecule has 25 heavy (non-hydrogen) atoms. The summed E-state index contributed by atoms with van der Waals surface area (Å²) in [4.78, 5) is 6.44. The average molecular weight is 456 g/mol. The number of nitrogens with one attached hydrogen (secondary N) is 2. The standard InChI is InChI=1S/C19H25FN4.HI/c1-21-19(23-14-17-9-6-10-18(20)13-17)22-11-12-24(2)15-16-7-4-3-5-8-16;/h3-10,13H,11-12,14-15H2,1-2H3,(H2,21,22,23);1H. The van der Waals surface area contributed by atoms with Gasteiger partial charge in [0.1, 0.15) is 5.82 Å². The molecule has 0 unspecified atom stereocenters. The van der Waals surface area contributed by atoms with E-state index in [1.165, 1.54) is 17.7 Å². The summed E-state index contributed by atoms with van der Waals surface area (Å²) in [7, 11) is 3.83. The molecule has 0 aliphatic carbocycles. The lowest BCUT2D eigenvalue weighted by Crippen LogP contribution is -2.40. The van der Waals surface area contributed by atoms with Crippen LogP contribution in [0.3, 0.4) is 0 Å². The number of aliphatic imine (C=N–C) groups is 1. The van der Waals surface area contributed by atoms with Gasteiger partial charge in [0, 0.05) is 33.2 Å². The minimum absolute atomic E-state index is 0. The number of likely N-dealkylation sites (N-methyl/N-ethyl adjacent to an activating group) is 1. The summed E-state index contributed by atoms with van der Waals surface area (Å²) >= 11 is 0. The van der Waals surface area contributed by atoms with Crippen molar-refractivity contribution in [3.05, 3.63) is 71.5 Å². The Balaban J connectivity index is 0.00000312. The Morgan fingerprint density at radius 2 is 1.76 bits per heavy atom. The Morgan fingerprint density at radius 3 is 2.44 bits per heavy atom. The predicted molar refractivity (Wildman–Crippen MR) is 113 cm³/mol. The van der Waals surface area contributed by atoms with Crippen molar-refractivity contribution >= 4 is 29.9 Å². The number of nitrogens with zero attached hydrogens (tertiary/aromatic N) is 2. The molecule has 0 amide bonds. The van der Waals surface area contributed by atoms with Crippen LogP contribution in [-0.2, 0) is 13.1 Å². The van der Waals surface area contributed by atoms with E-state index in [1.807, 2.05) is 12.1 Å². The van der Waals surface area contributed by atoms with Gasteiger partial charge in [-0.3, -0.25) is 4.99 Å². The number of benzene rings is 2. The second-order valence-electron chi connectivity index (χ2n) is 5.71. The van der Waals surface area contributed by atoms with Crippen molar-refractivity contribution in [1.82, 2.24) is 15.5 Å². The van der Waals surface area contributed by atoms with Crippen molar-refractivity contribution in [3.63, 3.8) is 0 Å². The Kier molecular flexibility index (Phi) is 10.1. The first-order valence-electron chi connectivity index (χ1n) is 8.09. The van der Waals surface area contributed by atoms with Crippen LogP contribution in [0.1, 0.15) is 11.1 Å². The van der Waals surface area contributed by atoms with Crippen molar-refractivity contribution in [2.45, 2.75) is 13.1 Å². The number of guanidine groups is 1. The normalized spacial score (nSPS) is 11.1. The van der Waals surface area contributed by atoms with Gasteiger partial charge in [0.25, 0.3) is 0 Å². The smallest absolute Gasteiger partial charge is 0.191 e. The molecule has 0 radical (unpaired) electrons. The summed E-state index contributed by atoms with van der Waals surface area (Å²) < 4.78 is 13.2. The van der Waals surface area contributed by atoms with Gasteiger partial charge in [-0.25, -0.2) is 4.39 Å². The van der Waals surface area contributed by atoms with Crippen molar-refractivity contribution in [1.29, 1.82) is 0 Å². The molecular weight excluding hydrogens is 430 g/mol. The fourth-order valence-corrected chi connectivity index (χ4v) is 2.39. The summed E-state index contributed by atoms with van der Waals surface area (Å²) in [6, 6.07) is 17.0. The molecule has 0 bridgehead atoms. The Morgan fingerprint density at radius 1 is 1.04 bits per heavy atom. The quantitative estimate of drug-likeness (QED) is 0.382. The molecule has 2 aromatic rings. The van der Waals surface area contributed by atoms with E-state index in [1.54, 1.807) is 13.1 Å². The second kappa shape index (κ2) is 11.8. The zero-order valence-corrected chi connectivity index (χ0v) is 17.0. The lowest BCUT2D eigenvalue weighted by molar-refractivity contribution is 0.331. The van der Waals surface area contributed by atoms with Crippen LogP contribution in [0.25, 0.3) is 0 Å². The molecule has 6 heteroatoms. The molecule has 2 aromatic carbocycles. The summed E-state index contributed by atoms with van der Waals surface area (Å²) in [5.74, 6) is 0.493. The van der Waals surface area contributed by atoms with Gasteiger partial charge in [0.15, 0.2) is 5.96 Å². The van der Waals surface area contributed by atoms with Gasteiger partial charge < -0.3 is 15.5 Å². The van der Waals surface area contributed by atoms with E-state index in [4.69, 9.17) is 0 Å². The highest BCUT2D eigenvalue weighted by Crippen LogP contribution is 2.03. The average Bonchev–Trinajstić information content (AvgIpc) is 2.59. The number of rotatable bonds is 7. The SMILES string of the molecule is CN=C(NCCN(C)Cc1ccccc1)NCc1cccc(F)c1.I. The van der Waals surface area contributed by atoms with E-state index in [0.717, 1.165) is 25.2 Å². The van der Waals surface area contributed by atoms with Crippen LogP contribution in [0.4, 0.5) is 4.39 Å². The molecular formula is C19H26FIN4. The largest absolute Gasteiger partial charge is 0.355 e. The second-order valence-corrected chi connectivity index (χ2v) is 5.71. The van der Waals surface area contributed by atoms with Gasteiger partial charge in [0.2, 0.25) is 0 Å².